The summed E-state index contributed by atoms with van der Waals surface area (Å²) in [6.07, 6.45) is 1.20. The molecule has 5 heteroatoms. The Bertz CT molecular complexity index is 717. The number of hydrogen-bond acceptors (Lipinski definition) is 1. The van der Waals surface area contributed by atoms with E-state index in [1.54, 1.807) is 6.07 Å². The van der Waals surface area contributed by atoms with E-state index in [-0.39, 0.29) is 22.3 Å². The molecule has 0 aliphatic heterocycles. The first-order chi connectivity index (χ1) is 9.90. The predicted octanol–water partition coefficient (Wildman–Crippen LogP) is 4.21. The average molecular weight is 356 g/mol. The van der Waals surface area contributed by atoms with Gasteiger partial charge in [0.1, 0.15) is 17.5 Å². The maximum atomic E-state index is 14.1. The van der Waals surface area contributed by atoms with Crippen LogP contribution in [0.15, 0.2) is 34.8 Å². The molecule has 1 nitrogen and oxygen atoms in total. The number of benzene rings is 2. The molecule has 2 aromatic rings. The Kier molecular flexibility index (Phi) is 3.58. The van der Waals surface area contributed by atoms with Crippen LogP contribution in [-0.2, 0) is 18.4 Å². The molecule has 1 atom stereocenters. The maximum absolute atomic E-state index is 14.1. The monoisotopic (exact) mass is 355 g/mol. The van der Waals surface area contributed by atoms with Gasteiger partial charge >= 0.3 is 0 Å². The van der Waals surface area contributed by atoms with E-state index in [1.807, 2.05) is 0 Å². The predicted molar refractivity (Wildman–Crippen MR) is 78.3 cm³/mol. The van der Waals surface area contributed by atoms with Crippen molar-refractivity contribution in [1.82, 2.24) is 0 Å². The highest BCUT2D eigenvalue weighted by molar-refractivity contribution is 9.10. The van der Waals surface area contributed by atoms with E-state index in [0.29, 0.717) is 12.8 Å². The highest BCUT2D eigenvalue weighted by Crippen LogP contribution is 2.39. The van der Waals surface area contributed by atoms with Crippen LogP contribution < -0.4 is 5.73 Å². The first-order valence-electron chi connectivity index (χ1n) is 6.61. The van der Waals surface area contributed by atoms with Gasteiger partial charge in [0.25, 0.3) is 0 Å². The quantitative estimate of drug-likeness (QED) is 0.802. The van der Waals surface area contributed by atoms with Crippen LogP contribution in [0.2, 0.25) is 0 Å². The molecule has 0 spiro atoms. The summed E-state index contributed by atoms with van der Waals surface area (Å²) in [4.78, 5) is 0. The van der Waals surface area contributed by atoms with Gasteiger partial charge in [0.2, 0.25) is 0 Å². The second kappa shape index (κ2) is 5.14. The molecule has 0 fully saturated rings. The van der Waals surface area contributed by atoms with Crippen molar-refractivity contribution in [2.45, 2.75) is 24.8 Å². The molecule has 2 N–H and O–H groups in total. The molecule has 0 heterocycles. The fourth-order valence-electron chi connectivity index (χ4n) is 2.98. The van der Waals surface area contributed by atoms with Gasteiger partial charge < -0.3 is 5.73 Å². The van der Waals surface area contributed by atoms with Gasteiger partial charge in [-0.1, -0.05) is 6.07 Å². The SMILES string of the molecule is NC1(Cc2c(F)ccc(Br)c2F)CCc2cc(F)ccc21. The molecule has 0 saturated heterocycles. The van der Waals surface area contributed by atoms with Crippen molar-refractivity contribution in [3.05, 3.63) is 68.9 Å². The Morgan fingerprint density at radius 3 is 2.67 bits per heavy atom. The van der Waals surface area contributed by atoms with E-state index in [0.717, 1.165) is 11.1 Å². The molecule has 110 valence electrons. The normalized spacial score (nSPS) is 20.6. The lowest BCUT2D eigenvalue weighted by Crippen LogP contribution is -2.37. The molecule has 0 bridgehead atoms. The third-order valence-electron chi connectivity index (χ3n) is 4.08. The van der Waals surface area contributed by atoms with E-state index in [4.69, 9.17) is 5.73 Å². The Morgan fingerprint density at radius 1 is 1.14 bits per heavy atom. The minimum atomic E-state index is -0.870. The van der Waals surface area contributed by atoms with Crippen LogP contribution in [0.5, 0.6) is 0 Å². The van der Waals surface area contributed by atoms with Crippen LogP contribution in [0.4, 0.5) is 13.2 Å². The fraction of sp³-hybridized carbons (Fsp3) is 0.250. The number of hydrogen-bond donors (Lipinski definition) is 1. The molecule has 1 aliphatic rings. The van der Waals surface area contributed by atoms with Gasteiger partial charge in [-0.2, -0.15) is 0 Å². The lowest BCUT2D eigenvalue weighted by Gasteiger charge is -2.26. The third kappa shape index (κ3) is 2.49. The summed E-state index contributed by atoms with van der Waals surface area (Å²) in [6.45, 7) is 0. The topological polar surface area (TPSA) is 26.0 Å². The summed E-state index contributed by atoms with van der Waals surface area (Å²) < 4.78 is 41.5. The lowest BCUT2D eigenvalue weighted by atomic mass is 9.86. The molecule has 0 aromatic heterocycles. The summed E-state index contributed by atoms with van der Waals surface area (Å²) in [6, 6.07) is 6.93. The fourth-order valence-corrected chi connectivity index (χ4v) is 3.35. The van der Waals surface area contributed by atoms with E-state index in [2.05, 4.69) is 15.9 Å². The van der Waals surface area contributed by atoms with Gasteiger partial charge in [-0.15, -0.1) is 0 Å². The second-order valence-electron chi connectivity index (χ2n) is 5.46. The Balaban J connectivity index is 2.02. The second-order valence-corrected chi connectivity index (χ2v) is 6.31. The van der Waals surface area contributed by atoms with Crippen LogP contribution in [0.25, 0.3) is 0 Å². The third-order valence-corrected chi connectivity index (χ3v) is 4.69. The zero-order valence-corrected chi connectivity index (χ0v) is 12.7. The smallest absolute Gasteiger partial charge is 0.143 e. The summed E-state index contributed by atoms with van der Waals surface area (Å²) in [5.74, 6) is -1.57. The van der Waals surface area contributed by atoms with Crippen molar-refractivity contribution in [3.8, 4) is 0 Å². The summed E-state index contributed by atoms with van der Waals surface area (Å²) in [5, 5.41) is 0. The molecule has 0 amide bonds. The highest BCUT2D eigenvalue weighted by Gasteiger charge is 2.36. The van der Waals surface area contributed by atoms with Crippen molar-refractivity contribution in [1.29, 1.82) is 0 Å². The number of nitrogens with two attached hydrogens (primary N) is 1. The zero-order chi connectivity index (χ0) is 15.2. The van der Waals surface area contributed by atoms with Gasteiger partial charge in [0.15, 0.2) is 0 Å². The number of halogens is 4. The average Bonchev–Trinajstić information content (AvgIpc) is 2.76. The Hall–Kier alpha value is -1.33. The first kappa shape index (κ1) is 14.6. The first-order valence-corrected chi connectivity index (χ1v) is 7.40. The maximum Gasteiger partial charge on any atom is 0.143 e. The largest absolute Gasteiger partial charge is 0.321 e. The zero-order valence-electron chi connectivity index (χ0n) is 11.1. The number of fused-ring (bicyclic) bond motifs is 1. The molecule has 0 saturated carbocycles. The van der Waals surface area contributed by atoms with Crippen LogP contribution in [0.3, 0.4) is 0 Å². The number of rotatable bonds is 2. The molecule has 0 radical (unpaired) electrons. The van der Waals surface area contributed by atoms with Crippen LogP contribution in [-0.4, -0.2) is 0 Å². The molecule has 1 aliphatic carbocycles. The van der Waals surface area contributed by atoms with Crippen molar-refractivity contribution < 1.29 is 13.2 Å². The van der Waals surface area contributed by atoms with Gasteiger partial charge in [0.05, 0.1) is 4.47 Å². The minimum absolute atomic E-state index is 0.0379. The summed E-state index contributed by atoms with van der Waals surface area (Å²) in [5.41, 5.74) is 7.04. The van der Waals surface area contributed by atoms with Gasteiger partial charge in [-0.25, -0.2) is 13.2 Å². The summed E-state index contributed by atoms with van der Waals surface area (Å²) in [7, 11) is 0. The minimum Gasteiger partial charge on any atom is -0.321 e. The van der Waals surface area contributed by atoms with E-state index >= 15 is 0 Å². The molecular weight excluding hydrogens is 343 g/mol. The summed E-state index contributed by atoms with van der Waals surface area (Å²) >= 11 is 3.06. The molecule has 2 aromatic carbocycles. The van der Waals surface area contributed by atoms with E-state index < -0.39 is 17.2 Å². The van der Waals surface area contributed by atoms with E-state index in [9.17, 15) is 13.2 Å². The molecule has 21 heavy (non-hydrogen) atoms. The van der Waals surface area contributed by atoms with Crippen molar-refractivity contribution in [3.63, 3.8) is 0 Å². The molecule has 3 rings (SSSR count). The molecule has 1 unspecified atom stereocenters. The van der Waals surface area contributed by atoms with Gasteiger partial charge in [0, 0.05) is 17.5 Å². The van der Waals surface area contributed by atoms with Crippen LogP contribution in [0, 0.1) is 17.5 Å². The lowest BCUT2D eigenvalue weighted by molar-refractivity contribution is 0.415. The van der Waals surface area contributed by atoms with Gasteiger partial charge in [-0.05, 0) is 64.2 Å². The molecular formula is C16H13BrF3N. The van der Waals surface area contributed by atoms with Crippen molar-refractivity contribution in [2.75, 3.05) is 0 Å². The Morgan fingerprint density at radius 2 is 1.90 bits per heavy atom. The van der Waals surface area contributed by atoms with Crippen LogP contribution >= 0.6 is 15.9 Å². The van der Waals surface area contributed by atoms with Crippen LogP contribution in [0.1, 0.15) is 23.1 Å². The number of aryl methyl sites for hydroxylation is 1. The Labute approximate surface area is 129 Å². The highest BCUT2D eigenvalue weighted by atomic mass is 79.9. The van der Waals surface area contributed by atoms with Gasteiger partial charge in [-0.3, -0.25) is 0 Å². The van der Waals surface area contributed by atoms with Crippen molar-refractivity contribution in [2.24, 2.45) is 5.73 Å². The van der Waals surface area contributed by atoms with E-state index in [1.165, 1.54) is 24.3 Å². The van der Waals surface area contributed by atoms with Crippen molar-refractivity contribution >= 4 is 15.9 Å². The standard InChI is InChI=1S/C16H13BrF3N/c17-13-3-4-14(19)11(15(13)20)8-16(21)6-5-9-7-10(18)1-2-12(9)16/h1-4,7H,5-6,8,21H2.